The van der Waals surface area contributed by atoms with E-state index >= 15 is 0 Å². The van der Waals surface area contributed by atoms with E-state index in [9.17, 15) is 9.18 Å². The Morgan fingerprint density at radius 3 is 2.85 bits per heavy atom. The fourth-order valence-electron chi connectivity index (χ4n) is 2.83. The van der Waals surface area contributed by atoms with Gasteiger partial charge in [-0.05, 0) is 41.1 Å². The van der Waals surface area contributed by atoms with Crippen molar-refractivity contribution in [1.82, 2.24) is 15.1 Å². The SMILES string of the molecule is CN(C)C(=O)CN=C(NCc1cccs1)N1CCc2cc(F)ccc2C1.I. The van der Waals surface area contributed by atoms with Gasteiger partial charge in [0.2, 0.25) is 5.91 Å². The number of nitrogens with one attached hydrogen (secondary N) is 1. The van der Waals surface area contributed by atoms with Crippen molar-refractivity contribution in [3.63, 3.8) is 0 Å². The fourth-order valence-corrected chi connectivity index (χ4v) is 3.48. The van der Waals surface area contributed by atoms with E-state index in [1.807, 2.05) is 17.5 Å². The summed E-state index contributed by atoms with van der Waals surface area (Å²) >= 11 is 1.68. The van der Waals surface area contributed by atoms with Crippen molar-refractivity contribution in [1.29, 1.82) is 0 Å². The molecular formula is C19H24FIN4OS. The van der Waals surface area contributed by atoms with E-state index in [1.165, 1.54) is 15.8 Å². The van der Waals surface area contributed by atoms with Gasteiger partial charge in [0.25, 0.3) is 0 Å². The number of nitrogens with zero attached hydrogens (tertiary/aromatic N) is 3. The van der Waals surface area contributed by atoms with Gasteiger partial charge in [0.05, 0.1) is 6.54 Å². The van der Waals surface area contributed by atoms with E-state index in [-0.39, 0.29) is 42.2 Å². The minimum atomic E-state index is -0.196. The standard InChI is InChI=1S/C19H23FN4OS.HI/c1-23(2)18(25)12-22-19(21-11-17-4-3-9-26-17)24-8-7-14-10-16(20)6-5-15(14)13-24;/h3-6,9-10H,7-8,11-13H2,1-2H3,(H,21,22);1H. The van der Waals surface area contributed by atoms with Crippen LogP contribution in [0.5, 0.6) is 0 Å². The predicted octanol–water partition coefficient (Wildman–Crippen LogP) is 3.10. The van der Waals surface area contributed by atoms with Gasteiger partial charge in [-0.25, -0.2) is 9.38 Å². The minimum Gasteiger partial charge on any atom is -0.351 e. The maximum Gasteiger partial charge on any atom is 0.243 e. The molecule has 0 unspecified atom stereocenters. The Morgan fingerprint density at radius 2 is 2.15 bits per heavy atom. The van der Waals surface area contributed by atoms with Crippen LogP contribution in [0, 0.1) is 5.82 Å². The number of fused-ring (bicyclic) bond motifs is 1. The number of halogens is 2. The first-order chi connectivity index (χ1) is 12.5. The Labute approximate surface area is 180 Å². The number of carbonyl (C=O) groups excluding carboxylic acids is 1. The molecule has 8 heteroatoms. The average Bonchev–Trinajstić information content (AvgIpc) is 3.14. The van der Waals surface area contributed by atoms with E-state index in [4.69, 9.17) is 0 Å². The van der Waals surface area contributed by atoms with E-state index in [2.05, 4.69) is 21.3 Å². The molecule has 1 aromatic carbocycles. The van der Waals surface area contributed by atoms with Gasteiger partial charge in [0.15, 0.2) is 5.96 Å². The van der Waals surface area contributed by atoms with Gasteiger partial charge >= 0.3 is 0 Å². The number of amides is 1. The first-order valence-corrected chi connectivity index (χ1v) is 9.44. The summed E-state index contributed by atoms with van der Waals surface area (Å²) in [6.45, 7) is 2.16. The lowest BCUT2D eigenvalue weighted by atomic mass is 10.00. The molecule has 1 aromatic heterocycles. The summed E-state index contributed by atoms with van der Waals surface area (Å²) < 4.78 is 13.4. The van der Waals surface area contributed by atoms with Crippen LogP contribution in [-0.2, 0) is 24.3 Å². The molecule has 0 fully saturated rings. The summed E-state index contributed by atoms with van der Waals surface area (Å²) in [5.41, 5.74) is 2.14. The van der Waals surface area contributed by atoms with Crippen molar-refractivity contribution in [2.24, 2.45) is 4.99 Å². The lowest BCUT2D eigenvalue weighted by molar-refractivity contribution is -0.127. The highest BCUT2D eigenvalue weighted by molar-refractivity contribution is 14.0. The lowest BCUT2D eigenvalue weighted by Crippen LogP contribution is -2.44. The molecule has 146 valence electrons. The highest BCUT2D eigenvalue weighted by Crippen LogP contribution is 2.20. The summed E-state index contributed by atoms with van der Waals surface area (Å²) in [6, 6.07) is 9.01. The monoisotopic (exact) mass is 502 g/mol. The number of hydrogen-bond acceptors (Lipinski definition) is 3. The summed E-state index contributed by atoms with van der Waals surface area (Å²) in [6.07, 6.45) is 0.758. The van der Waals surface area contributed by atoms with Crippen molar-refractivity contribution in [2.45, 2.75) is 19.5 Å². The largest absolute Gasteiger partial charge is 0.351 e. The van der Waals surface area contributed by atoms with Gasteiger partial charge in [-0.15, -0.1) is 35.3 Å². The number of benzene rings is 1. The number of likely N-dealkylation sites (N-methyl/N-ethyl adjacent to an activating group) is 1. The summed E-state index contributed by atoms with van der Waals surface area (Å²) in [5.74, 6) is 0.474. The Morgan fingerprint density at radius 1 is 1.33 bits per heavy atom. The molecule has 0 bridgehead atoms. The van der Waals surface area contributed by atoms with E-state index in [0.717, 1.165) is 24.1 Å². The number of aliphatic imine (C=N–C) groups is 1. The Kier molecular flexibility index (Phi) is 8.03. The maximum absolute atomic E-state index is 13.4. The van der Waals surface area contributed by atoms with Crippen LogP contribution in [0.4, 0.5) is 4.39 Å². The number of rotatable bonds is 4. The van der Waals surface area contributed by atoms with E-state index in [0.29, 0.717) is 19.0 Å². The van der Waals surface area contributed by atoms with Crippen molar-refractivity contribution in [2.75, 3.05) is 27.2 Å². The zero-order valence-electron chi connectivity index (χ0n) is 15.4. The smallest absolute Gasteiger partial charge is 0.243 e. The van der Waals surface area contributed by atoms with Crippen molar-refractivity contribution >= 4 is 47.2 Å². The molecule has 27 heavy (non-hydrogen) atoms. The summed E-state index contributed by atoms with van der Waals surface area (Å²) in [7, 11) is 3.45. The molecule has 0 saturated carbocycles. The van der Waals surface area contributed by atoms with Gasteiger partial charge in [0, 0.05) is 32.1 Å². The fraction of sp³-hybridized carbons (Fsp3) is 0.368. The molecule has 1 N–H and O–H groups in total. The van der Waals surface area contributed by atoms with Crippen LogP contribution in [-0.4, -0.2) is 48.9 Å². The number of carbonyl (C=O) groups is 1. The van der Waals surface area contributed by atoms with Crippen LogP contribution in [0.1, 0.15) is 16.0 Å². The molecule has 0 aliphatic carbocycles. The maximum atomic E-state index is 13.4. The molecule has 5 nitrogen and oxygen atoms in total. The quantitative estimate of drug-likeness (QED) is 0.397. The van der Waals surface area contributed by atoms with E-state index in [1.54, 1.807) is 31.5 Å². The molecule has 0 radical (unpaired) electrons. The number of hydrogen-bond donors (Lipinski definition) is 1. The van der Waals surface area contributed by atoms with Crippen LogP contribution in [0.15, 0.2) is 40.7 Å². The molecule has 3 rings (SSSR count). The Bertz CT molecular complexity index is 795. The zero-order chi connectivity index (χ0) is 18.5. The van der Waals surface area contributed by atoms with Gasteiger partial charge in [0.1, 0.15) is 12.4 Å². The highest BCUT2D eigenvalue weighted by Gasteiger charge is 2.20. The summed E-state index contributed by atoms with van der Waals surface area (Å²) in [4.78, 5) is 21.3. The van der Waals surface area contributed by atoms with Crippen LogP contribution in [0.25, 0.3) is 0 Å². The zero-order valence-corrected chi connectivity index (χ0v) is 18.6. The highest BCUT2D eigenvalue weighted by atomic mass is 127. The minimum absolute atomic E-state index is 0. The van der Waals surface area contributed by atoms with Crippen LogP contribution in [0.3, 0.4) is 0 Å². The second-order valence-electron chi connectivity index (χ2n) is 6.45. The molecule has 0 spiro atoms. The van der Waals surface area contributed by atoms with Crippen LogP contribution in [0.2, 0.25) is 0 Å². The Hall–Kier alpha value is -1.68. The average molecular weight is 502 g/mol. The number of guanidine groups is 1. The van der Waals surface area contributed by atoms with Crippen LogP contribution < -0.4 is 5.32 Å². The molecule has 2 heterocycles. The van der Waals surface area contributed by atoms with Gasteiger partial charge < -0.3 is 15.1 Å². The van der Waals surface area contributed by atoms with Crippen molar-refractivity contribution in [3.8, 4) is 0 Å². The molecule has 1 aliphatic heterocycles. The van der Waals surface area contributed by atoms with E-state index < -0.39 is 0 Å². The molecular weight excluding hydrogens is 478 g/mol. The summed E-state index contributed by atoms with van der Waals surface area (Å²) in [5, 5.41) is 5.41. The predicted molar refractivity (Wildman–Crippen MR) is 118 cm³/mol. The van der Waals surface area contributed by atoms with Crippen molar-refractivity contribution < 1.29 is 9.18 Å². The molecule has 1 aliphatic rings. The van der Waals surface area contributed by atoms with Gasteiger partial charge in [-0.3, -0.25) is 4.79 Å². The molecule has 2 aromatic rings. The van der Waals surface area contributed by atoms with Gasteiger partial charge in [-0.1, -0.05) is 12.1 Å². The topological polar surface area (TPSA) is 47.9 Å². The molecule has 1 amide bonds. The normalized spacial score (nSPS) is 13.6. The lowest BCUT2D eigenvalue weighted by Gasteiger charge is -2.32. The first-order valence-electron chi connectivity index (χ1n) is 8.56. The van der Waals surface area contributed by atoms with Crippen LogP contribution >= 0.6 is 35.3 Å². The number of thiophene rings is 1. The Balaban J connectivity index is 0.00000261. The second-order valence-corrected chi connectivity index (χ2v) is 7.48. The second kappa shape index (κ2) is 10.0. The van der Waals surface area contributed by atoms with Crippen molar-refractivity contribution in [3.05, 3.63) is 57.5 Å². The third kappa shape index (κ3) is 5.90. The third-order valence-corrected chi connectivity index (χ3v) is 5.22. The molecule has 0 saturated heterocycles. The third-order valence-electron chi connectivity index (χ3n) is 4.34. The van der Waals surface area contributed by atoms with Gasteiger partial charge in [-0.2, -0.15) is 0 Å². The first kappa shape index (κ1) is 21.6. The molecule has 0 atom stereocenters.